The van der Waals surface area contributed by atoms with Gasteiger partial charge in [-0.2, -0.15) is 0 Å². The molecule has 1 atom stereocenters. The lowest BCUT2D eigenvalue weighted by atomic mass is 10.2. The first-order valence-electron chi connectivity index (χ1n) is 10.4. The topological polar surface area (TPSA) is 95.9 Å². The summed E-state index contributed by atoms with van der Waals surface area (Å²) in [5.74, 6) is 1.96. The third-order valence-electron chi connectivity index (χ3n) is 5.99. The zero-order valence-corrected chi connectivity index (χ0v) is 17.1. The van der Waals surface area contributed by atoms with Crippen molar-refractivity contribution < 1.29 is 4.79 Å². The lowest BCUT2D eigenvalue weighted by molar-refractivity contribution is -0.129. The van der Waals surface area contributed by atoms with Gasteiger partial charge in [-0.1, -0.05) is 0 Å². The second-order valence-corrected chi connectivity index (χ2v) is 8.00. The molecule has 0 spiro atoms. The number of nitrogens with zero attached hydrogens (tertiary/aromatic N) is 7. The van der Waals surface area contributed by atoms with Crippen LogP contribution in [0, 0.1) is 0 Å². The van der Waals surface area contributed by atoms with Gasteiger partial charge in [0.15, 0.2) is 5.65 Å². The fourth-order valence-electron chi connectivity index (χ4n) is 4.23. The molecule has 0 radical (unpaired) electrons. The predicted octanol–water partition coefficient (Wildman–Crippen LogP) is 0.997. The number of pyridine rings is 1. The molecule has 0 saturated carbocycles. The minimum absolute atomic E-state index is 0.128. The maximum absolute atomic E-state index is 11.6. The van der Waals surface area contributed by atoms with Gasteiger partial charge < -0.3 is 20.4 Å². The van der Waals surface area contributed by atoms with Crippen LogP contribution in [0.4, 0.5) is 11.6 Å². The lowest BCUT2D eigenvalue weighted by Gasteiger charge is -2.35. The van der Waals surface area contributed by atoms with E-state index in [1.165, 1.54) is 0 Å². The van der Waals surface area contributed by atoms with Crippen LogP contribution >= 0.6 is 0 Å². The number of fused-ring (bicyclic) bond motifs is 1. The molecule has 0 bridgehead atoms. The standard InChI is InChI=1S/C21H26N8O/c1-15(30)26-8-10-27(11-9-26)21-12-16(4-6-23-21)18-13-24-19-2-3-20(25-29(18)19)28-7-5-17(22)14-28/h2-4,6,12-13,17H,5,7-11,14,22H2,1H3. The highest BCUT2D eigenvalue weighted by Crippen LogP contribution is 2.26. The van der Waals surface area contributed by atoms with Crippen molar-refractivity contribution in [3.8, 4) is 11.3 Å². The summed E-state index contributed by atoms with van der Waals surface area (Å²) in [5.41, 5.74) is 8.83. The van der Waals surface area contributed by atoms with Crippen LogP contribution in [0.3, 0.4) is 0 Å². The molecular formula is C21H26N8O. The van der Waals surface area contributed by atoms with Crippen LogP contribution in [0.2, 0.25) is 0 Å². The molecule has 0 aromatic carbocycles. The smallest absolute Gasteiger partial charge is 0.219 e. The van der Waals surface area contributed by atoms with Crippen LogP contribution in [0.1, 0.15) is 13.3 Å². The van der Waals surface area contributed by atoms with E-state index in [-0.39, 0.29) is 11.9 Å². The minimum atomic E-state index is 0.128. The Hall–Kier alpha value is -3.20. The van der Waals surface area contributed by atoms with Crippen molar-refractivity contribution in [2.45, 2.75) is 19.4 Å². The van der Waals surface area contributed by atoms with Crippen LogP contribution < -0.4 is 15.5 Å². The first-order chi connectivity index (χ1) is 14.6. The summed E-state index contributed by atoms with van der Waals surface area (Å²) in [4.78, 5) is 27.0. The van der Waals surface area contributed by atoms with Crippen LogP contribution in [0.15, 0.2) is 36.7 Å². The average molecular weight is 406 g/mol. The predicted molar refractivity (Wildman–Crippen MR) is 115 cm³/mol. The van der Waals surface area contributed by atoms with Crippen molar-refractivity contribution in [2.75, 3.05) is 49.1 Å². The van der Waals surface area contributed by atoms with Gasteiger partial charge in [0.1, 0.15) is 11.6 Å². The average Bonchev–Trinajstić information content (AvgIpc) is 3.39. The Morgan fingerprint density at radius 2 is 1.87 bits per heavy atom. The fourth-order valence-corrected chi connectivity index (χ4v) is 4.23. The van der Waals surface area contributed by atoms with Gasteiger partial charge in [-0.05, 0) is 30.7 Å². The van der Waals surface area contributed by atoms with E-state index in [9.17, 15) is 4.79 Å². The number of aromatic nitrogens is 4. The van der Waals surface area contributed by atoms with Crippen molar-refractivity contribution in [2.24, 2.45) is 5.73 Å². The van der Waals surface area contributed by atoms with E-state index in [1.54, 1.807) is 6.92 Å². The normalized spacial score (nSPS) is 19.7. The van der Waals surface area contributed by atoms with Crippen LogP contribution in [0.25, 0.3) is 16.9 Å². The molecule has 2 saturated heterocycles. The van der Waals surface area contributed by atoms with E-state index in [0.29, 0.717) is 0 Å². The highest BCUT2D eigenvalue weighted by Gasteiger charge is 2.22. The molecule has 0 aliphatic carbocycles. The monoisotopic (exact) mass is 406 g/mol. The summed E-state index contributed by atoms with van der Waals surface area (Å²) in [6, 6.07) is 8.28. The molecule has 2 N–H and O–H groups in total. The molecule has 3 aromatic heterocycles. The Morgan fingerprint density at radius 3 is 2.60 bits per heavy atom. The Morgan fingerprint density at radius 1 is 1.03 bits per heavy atom. The summed E-state index contributed by atoms with van der Waals surface area (Å²) < 4.78 is 1.89. The Labute approximate surface area is 175 Å². The van der Waals surface area contributed by atoms with E-state index in [2.05, 4.69) is 25.8 Å². The van der Waals surface area contributed by atoms with Crippen molar-refractivity contribution >= 4 is 23.2 Å². The van der Waals surface area contributed by atoms with E-state index < -0.39 is 0 Å². The molecule has 3 aromatic rings. The Balaban J connectivity index is 1.43. The molecule has 2 fully saturated rings. The molecule has 1 unspecified atom stereocenters. The van der Waals surface area contributed by atoms with E-state index in [4.69, 9.17) is 10.8 Å². The molecule has 9 heteroatoms. The fraction of sp³-hybridized carbons (Fsp3) is 0.429. The lowest BCUT2D eigenvalue weighted by Crippen LogP contribution is -2.48. The number of imidazole rings is 1. The number of hydrogen-bond acceptors (Lipinski definition) is 7. The van der Waals surface area contributed by atoms with Gasteiger partial charge in [0.2, 0.25) is 5.91 Å². The van der Waals surface area contributed by atoms with Gasteiger partial charge in [0.05, 0.1) is 11.9 Å². The molecule has 5 heterocycles. The number of amides is 1. The second-order valence-electron chi connectivity index (χ2n) is 8.00. The molecule has 30 heavy (non-hydrogen) atoms. The summed E-state index contributed by atoms with van der Waals surface area (Å²) in [5, 5.41) is 4.85. The van der Waals surface area contributed by atoms with Gasteiger partial charge in [-0.3, -0.25) is 4.79 Å². The third kappa shape index (κ3) is 3.45. The van der Waals surface area contributed by atoms with Crippen LogP contribution in [0.5, 0.6) is 0 Å². The van der Waals surface area contributed by atoms with Crippen LogP contribution in [-0.4, -0.2) is 75.7 Å². The molecule has 5 rings (SSSR count). The zero-order valence-electron chi connectivity index (χ0n) is 17.1. The highest BCUT2D eigenvalue weighted by atomic mass is 16.2. The number of carbonyl (C=O) groups is 1. The number of nitrogens with two attached hydrogens (primary N) is 1. The molecule has 156 valence electrons. The van der Waals surface area contributed by atoms with Crippen LogP contribution in [-0.2, 0) is 4.79 Å². The van der Waals surface area contributed by atoms with E-state index in [0.717, 1.165) is 74.2 Å². The zero-order chi connectivity index (χ0) is 20.7. The number of piperazine rings is 1. The van der Waals surface area contributed by atoms with Crippen molar-refractivity contribution in [1.29, 1.82) is 0 Å². The number of carbonyl (C=O) groups excluding carboxylic acids is 1. The quantitative estimate of drug-likeness (QED) is 0.693. The summed E-state index contributed by atoms with van der Waals surface area (Å²) >= 11 is 0. The largest absolute Gasteiger partial charge is 0.354 e. The Bertz CT molecular complexity index is 1070. The summed E-state index contributed by atoms with van der Waals surface area (Å²) in [7, 11) is 0. The summed E-state index contributed by atoms with van der Waals surface area (Å²) in [6.45, 7) is 6.38. The van der Waals surface area contributed by atoms with E-state index >= 15 is 0 Å². The highest BCUT2D eigenvalue weighted by molar-refractivity contribution is 5.73. The van der Waals surface area contributed by atoms with Crippen molar-refractivity contribution in [3.63, 3.8) is 0 Å². The SMILES string of the molecule is CC(=O)N1CCN(c2cc(-c3cnc4ccc(N5CCC(N)C5)nn34)ccn2)CC1. The van der Waals surface area contributed by atoms with Gasteiger partial charge in [-0.25, -0.2) is 14.5 Å². The van der Waals surface area contributed by atoms with Crippen molar-refractivity contribution in [3.05, 3.63) is 36.7 Å². The number of hydrogen-bond donors (Lipinski definition) is 1. The Kier molecular flexibility index (Phi) is 4.74. The second kappa shape index (κ2) is 7.56. The number of rotatable bonds is 3. The maximum atomic E-state index is 11.6. The minimum Gasteiger partial charge on any atom is -0.354 e. The molecular weight excluding hydrogens is 380 g/mol. The number of anilines is 2. The van der Waals surface area contributed by atoms with E-state index in [1.807, 2.05) is 40.0 Å². The van der Waals surface area contributed by atoms with Gasteiger partial charge in [0.25, 0.3) is 0 Å². The molecule has 2 aliphatic heterocycles. The summed E-state index contributed by atoms with van der Waals surface area (Å²) in [6.07, 6.45) is 4.67. The molecule has 9 nitrogen and oxygen atoms in total. The third-order valence-corrected chi connectivity index (χ3v) is 5.99. The van der Waals surface area contributed by atoms with Gasteiger partial charge in [-0.15, -0.1) is 5.10 Å². The van der Waals surface area contributed by atoms with Crippen molar-refractivity contribution in [1.82, 2.24) is 24.5 Å². The van der Waals surface area contributed by atoms with Gasteiger partial charge in [0, 0.05) is 64.0 Å². The maximum Gasteiger partial charge on any atom is 0.219 e. The molecule has 1 amide bonds. The first kappa shape index (κ1) is 18.8. The van der Waals surface area contributed by atoms with Gasteiger partial charge >= 0.3 is 0 Å². The first-order valence-corrected chi connectivity index (χ1v) is 10.4. The molecule has 2 aliphatic rings.